The number of halogens is 1. The molecule has 0 saturated carbocycles. The second-order valence-electron chi connectivity index (χ2n) is 4.53. The highest BCUT2D eigenvalue weighted by atomic mass is 19.1. The van der Waals surface area contributed by atoms with Crippen molar-refractivity contribution in [3.63, 3.8) is 0 Å². The number of aliphatic hydroxyl groups is 1. The Kier molecular flexibility index (Phi) is 3.15. The Labute approximate surface area is 95.7 Å². The van der Waals surface area contributed by atoms with Crippen LogP contribution in [0.5, 0.6) is 0 Å². The average Bonchev–Trinajstić information content (AvgIpc) is 2.63. The van der Waals surface area contributed by atoms with E-state index in [2.05, 4.69) is 11.8 Å². The zero-order valence-electron chi connectivity index (χ0n) is 9.78. The molecule has 0 radical (unpaired) electrons. The van der Waals surface area contributed by atoms with Crippen LogP contribution in [0.15, 0.2) is 18.2 Å². The van der Waals surface area contributed by atoms with Gasteiger partial charge in [0.1, 0.15) is 5.82 Å². The molecule has 1 fully saturated rings. The molecule has 88 valence electrons. The summed E-state index contributed by atoms with van der Waals surface area (Å²) in [5, 5.41) is 9.67. The summed E-state index contributed by atoms with van der Waals surface area (Å²) in [5.74, 6) is -0.313. The van der Waals surface area contributed by atoms with Gasteiger partial charge < -0.3 is 10.0 Å². The third-order valence-corrected chi connectivity index (χ3v) is 3.31. The molecule has 0 aromatic heterocycles. The Hall–Kier alpha value is -1.09. The van der Waals surface area contributed by atoms with Crippen molar-refractivity contribution in [2.75, 3.05) is 11.4 Å². The maximum atomic E-state index is 13.7. The van der Waals surface area contributed by atoms with E-state index in [0.717, 1.165) is 25.1 Å². The Bertz CT molecular complexity index is 378. The fourth-order valence-electron chi connectivity index (χ4n) is 2.48. The second kappa shape index (κ2) is 4.42. The first-order chi connectivity index (χ1) is 7.61. The smallest absolute Gasteiger partial charge is 0.131 e. The largest absolute Gasteiger partial charge is 0.389 e. The predicted octanol–water partition coefficient (Wildman–Crippen LogP) is 2.87. The third kappa shape index (κ3) is 1.92. The molecular formula is C13H18FNO. The molecule has 1 N–H and O–H groups in total. The van der Waals surface area contributed by atoms with Crippen molar-refractivity contribution in [2.24, 2.45) is 0 Å². The lowest BCUT2D eigenvalue weighted by molar-refractivity contribution is 0.194. The summed E-state index contributed by atoms with van der Waals surface area (Å²) in [6, 6.07) is 5.44. The topological polar surface area (TPSA) is 23.5 Å². The normalized spacial score (nSPS) is 22.5. The lowest BCUT2D eigenvalue weighted by Gasteiger charge is -2.27. The van der Waals surface area contributed by atoms with Crippen molar-refractivity contribution >= 4 is 5.69 Å². The van der Waals surface area contributed by atoms with Crippen molar-refractivity contribution < 1.29 is 9.50 Å². The zero-order valence-corrected chi connectivity index (χ0v) is 9.78. The minimum absolute atomic E-state index is 0.313. The van der Waals surface area contributed by atoms with Gasteiger partial charge in [0.2, 0.25) is 0 Å². The number of hydrogen-bond acceptors (Lipinski definition) is 2. The average molecular weight is 223 g/mol. The molecule has 1 aromatic carbocycles. The van der Waals surface area contributed by atoms with E-state index in [4.69, 9.17) is 0 Å². The highest BCUT2D eigenvalue weighted by Gasteiger charge is 2.25. The first-order valence-electron chi connectivity index (χ1n) is 5.84. The van der Waals surface area contributed by atoms with Crippen molar-refractivity contribution in [3.8, 4) is 0 Å². The SMILES string of the molecule is CC1CCCN1c1cccc(F)c1[C@@H](C)O. The molecular weight excluding hydrogens is 205 g/mol. The van der Waals surface area contributed by atoms with Crippen molar-refractivity contribution in [2.45, 2.75) is 38.8 Å². The molecule has 0 amide bonds. The highest BCUT2D eigenvalue weighted by molar-refractivity contribution is 5.56. The molecule has 1 unspecified atom stereocenters. The molecule has 1 aliphatic rings. The maximum Gasteiger partial charge on any atom is 0.131 e. The minimum Gasteiger partial charge on any atom is -0.389 e. The van der Waals surface area contributed by atoms with E-state index in [9.17, 15) is 9.50 Å². The van der Waals surface area contributed by atoms with Crippen LogP contribution in [0.3, 0.4) is 0 Å². The van der Waals surface area contributed by atoms with E-state index in [0.29, 0.717) is 11.6 Å². The van der Waals surface area contributed by atoms with Crippen LogP contribution < -0.4 is 4.90 Å². The Morgan fingerprint density at radius 2 is 2.25 bits per heavy atom. The Morgan fingerprint density at radius 3 is 2.81 bits per heavy atom. The maximum absolute atomic E-state index is 13.7. The number of anilines is 1. The lowest BCUT2D eigenvalue weighted by atomic mass is 10.1. The van der Waals surface area contributed by atoms with E-state index in [1.165, 1.54) is 6.07 Å². The van der Waals surface area contributed by atoms with Gasteiger partial charge in [-0.3, -0.25) is 0 Å². The zero-order chi connectivity index (χ0) is 11.7. The molecule has 2 atom stereocenters. The van der Waals surface area contributed by atoms with Gasteiger partial charge in [-0.1, -0.05) is 6.07 Å². The van der Waals surface area contributed by atoms with Gasteiger partial charge in [-0.15, -0.1) is 0 Å². The van der Waals surface area contributed by atoms with Crippen molar-refractivity contribution in [1.29, 1.82) is 0 Å². The summed E-state index contributed by atoms with van der Waals surface area (Å²) >= 11 is 0. The van der Waals surface area contributed by atoms with Crippen LogP contribution in [-0.4, -0.2) is 17.7 Å². The van der Waals surface area contributed by atoms with Gasteiger partial charge in [-0.25, -0.2) is 4.39 Å². The van der Waals surface area contributed by atoms with Gasteiger partial charge in [-0.05, 0) is 38.8 Å². The monoisotopic (exact) mass is 223 g/mol. The van der Waals surface area contributed by atoms with E-state index in [1.807, 2.05) is 6.07 Å². The van der Waals surface area contributed by atoms with Crippen LogP contribution in [0.4, 0.5) is 10.1 Å². The molecule has 16 heavy (non-hydrogen) atoms. The quantitative estimate of drug-likeness (QED) is 0.833. The number of aliphatic hydroxyl groups excluding tert-OH is 1. The van der Waals surface area contributed by atoms with E-state index >= 15 is 0 Å². The first kappa shape index (κ1) is 11.4. The molecule has 1 aliphatic heterocycles. The third-order valence-electron chi connectivity index (χ3n) is 3.31. The standard InChI is InChI=1S/C13H18FNO/c1-9-5-4-8-15(9)12-7-3-6-11(14)13(12)10(2)16/h3,6-7,9-10,16H,4-5,8H2,1-2H3/t9?,10-/m1/s1. The fourth-order valence-corrected chi connectivity index (χ4v) is 2.48. The molecule has 1 saturated heterocycles. The molecule has 1 heterocycles. The number of nitrogens with zero attached hydrogens (tertiary/aromatic N) is 1. The summed E-state index contributed by atoms with van der Waals surface area (Å²) in [5.41, 5.74) is 1.27. The molecule has 0 bridgehead atoms. The minimum atomic E-state index is -0.760. The van der Waals surface area contributed by atoms with Crippen molar-refractivity contribution in [3.05, 3.63) is 29.6 Å². The summed E-state index contributed by atoms with van der Waals surface area (Å²) in [4.78, 5) is 2.19. The number of rotatable bonds is 2. The van der Waals surface area contributed by atoms with Gasteiger partial charge in [0.05, 0.1) is 6.10 Å². The first-order valence-corrected chi connectivity index (χ1v) is 5.84. The van der Waals surface area contributed by atoms with Gasteiger partial charge >= 0.3 is 0 Å². The van der Waals surface area contributed by atoms with Crippen LogP contribution in [0.1, 0.15) is 38.4 Å². The van der Waals surface area contributed by atoms with E-state index in [1.54, 1.807) is 13.0 Å². The summed E-state index contributed by atoms with van der Waals surface area (Å²) < 4.78 is 13.7. The number of hydrogen-bond donors (Lipinski definition) is 1. The second-order valence-corrected chi connectivity index (χ2v) is 4.53. The van der Waals surface area contributed by atoms with Gasteiger partial charge in [0.25, 0.3) is 0 Å². The summed E-state index contributed by atoms with van der Waals surface area (Å²) in [7, 11) is 0. The molecule has 0 aliphatic carbocycles. The van der Waals surface area contributed by atoms with Gasteiger partial charge in [0, 0.05) is 23.8 Å². The fraction of sp³-hybridized carbons (Fsp3) is 0.538. The van der Waals surface area contributed by atoms with Crippen LogP contribution in [-0.2, 0) is 0 Å². The number of benzene rings is 1. The van der Waals surface area contributed by atoms with E-state index < -0.39 is 6.10 Å². The molecule has 3 heteroatoms. The van der Waals surface area contributed by atoms with Crippen LogP contribution in [0, 0.1) is 5.82 Å². The van der Waals surface area contributed by atoms with Crippen molar-refractivity contribution in [1.82, 2.24) is 0 Å². The molecule has 1 aromatic rings. The van der Waals surface area contributed by atoms with Gasteiger partial charge in [0.15, 0.2) is 0 Å². The molecule has 2 rings (SSSR count). The van der Waals surface area contributed by atoms with Crippen LogP contribution in [0.2, 0.25) is 0 Å². The Morgan fingerprint density at radius 1 is 1.50 bits per heavy atom. The van der Waals surface area contributed by atoms with Crippen LogP contribution >= 0.6 is 0 Å². The molecule has 0 spiro atoms. The molecule has 2 nitrogen and oxygen atoms in total. The van der Waals surface area contributed by atoms with E-state index in [-0.39, 0.29) is 5.82 Å². The Balaban J connectivity index is 2.43. The van der Waals surface area contributed by atoms with Crippen LogP contribution in [0.25, 0.3) is 0 Å². The summed E-state index contributed by atoms with van der Waals surface area (Å²) in [6.45, 7) is 4.71. The predicted molar refractivity (Wildman–Crippen MR) is 63.1 cm³/mol. The summed E-state index contributed by atoms with van der Waals surface area (Å²) in [6.07, 6.45) is 1.51. The van der Waals surface area contributed by atoms with Gasteiger partial charge in [-0.2, -0.15) is 0 Å². The lowest BCUT2D eigenvalue weighted by Crippen LogP contribution is -2.28. The highest BCUT2D eigenvalue weighted by Crippen LogP contribution is 2.33.